The van der Waals surface area contributed by atoms with Crippen LogP contribution in [0.3, 0.4) is 0 Å². The average Bonchev–Trinajstić information content (AvgIpc) is 2.46. The van der Waals surface area contributed by atoms with Gasteiger partial charge in [0.2, 0.25) is 0 Å². The maximum atomic E-state index is 13.1. The van der Waals surface area contributed by atoms with Crippen LogP contribution < -0.4 is 5.32 Å². The van der Waals surface area contributed by atoms with Gasteiger partial charge in [0.25, 0.3) is 0 Å². The average molecular weight is 302 g/mol. The number of halogens is 3. The lowest BCUT2D eigenvalue weighted by Crippen LogP contribution is -2.47. The van der Waals surface area contributed by atoms with Gasteiger partial charge in [-0.25, -0.2) is 0 Å². The molecule has 2 unspecified atom stereocenters. The molecule has 0 spiro atoms. The molecule has 0 saturated carbocycles. The summed E-state index contributed by atoms with van der Waals surface area (Å²) in [5, 5.41) is 3.04. The number of likely N-dealkylation sites (N-methyl/N-ethyl adjacent to an activating group) is 1. The normalized spacial score (nSPS) is 22.2. The second-order valence-corrected chi connectivity index (χ2v) is 5.31. The molecule has 1 saturated heterocycles. The Bertz CT molecular complexity index is 462. The minimum atomic E-state index is -4.32. The van der Waals surface area contributed by atoms with Crippen molar-refractivity contribution in [2.45, 2.75) is 25.2 Å². The Morgan fingerprint density at radius 3 is 2.76 bits per heavy atom. The maximum absolute atomic E-state index is 13.1. The Morgan fingerprint density at radius 2 is 2.10 bits per heavy atom. The van der Waals surface area contributed by atoms with E-state index < -0.39 is 11.7 Å². The van der Waals surface area contributed by atoms with Crippen molar-refractivity contribution >= 4 is 0 Å². The van der Waals surface area contributed by atoms with Gasteiger partial charge in [-0.15, -0.1) is 0 Å². The summed E-state index contributed by atoms with van der Waals surface area (Å²) in [6.45, 7) is 4.35. The number of hydrogen-bond acceptors (Lipinski definition) is 3. The quantitative estimate of drug-likeness (QED) is 0.925. The Balaban J connectivity index is 2.18. The topological polar surface area (TPSA) is 24.5 Å². The van der Waals surface area contributed by atoms with Gasteiger partial charge in [-0.1, -0.05) is 18.2 Å². The molecule has 0 aliphatic carbocycles. The molecule has 0 radical (unpaired) electrons. The van der Waals surface area contributed by atoms with Gasteiger partial charge in [0.05, 0.1) is 18.3 Å². The van der Waals surface area contributed by atoms with E-state index >= 15 is 0 Å². The number of nitrogens with one attached hydrogen (secondary N) is 1. The summed E-state index contributed by atoms with van der Waals surface area (Å²) >= 11 is 0. The second kappa shape index (κ2) is 6.77. The number of morpholine rings is 1. The zero-order valence-corrected chi connectivity index (χ0v) is 12.3. The van der Waals surface area contributed by atoms with E-state index in [9.17, 15) is 13.2 Å². The fraction of sp³-hybridized carbons (Fsp3) is 0.600. The Labute approximate surface area is 123 Å². The minimum absolute atomic E-state index is 0.0178. The number of nitrogens with zero attached hydrogens (tertiary/aromatic N) is 1. The van der Waals surface area contributed by atoms with E-state index in [0.29, 0.717) is 31.8 Å². The SMILES string of the molecule is CNCC1CN(C(C)c2ccccc2C(F)(F)F)CCO1. The van der Waals surface area contributed by atoms with Crippen LogP contribution in [0.5, 0.6) is 0 Å². The number of ether oxygens (including phenoxy) is 1. The zero-order chi connectivity index (χ0) is 15.5. The smallest absolute Gasteiger partial charge is 0.374 e. The largest absolute Gasteiger partial charge is 0.416 e. The molecular weight excluding hydrogens is 281 g/mol. The molecule has 1 aliphatic rings. The van der Waals surface area contributed by atoms with Gasteiger partial charge in [-0.3, -0.25) is 4.90 Å². The summed E-state index contributed by atoms with van der Waals surface area (Å²) in [7, 11) is 1.84. The van der Waals surface area contributed by atoms with Gasteiger partial charge < -0.3 is 10.1 Å². The van der Waals surface area contributed by atoms with Crippen LogP contribution in [-0.4, -0.2) is 44.3 Å². The van der Waals surface area contributed by atoms with Crippen LogP contribution >= 0.6 is 0 Å². The summed E-state index contributed by atoms with van der Waals surface area (Å²) in [5.41, 5.74) is -0.218. The predicted octanol–water partition coefficient (Wildman–Crippen LogP) is 2.69. The fourth-order valence-corrected chi connectivity index (χ4v) is 2.76. The van der Waals surface area contributed by atoms with Crippen molar-refractivity contribution in [3.8, 4) is 0 Å². The molecule has 3 nitrogen and oxygen atoms in total. The first-order valence-electron chi connectivity index (χ1n) is 7.10. The fourth-order valence-electron chi connectivity index (χ4n) is 2.76. The molecular formula is C15H21F3N2O. The van der Waals surface area contributed by atoms with E-state index in [0.717, 1.165) is 6.07 Å². The highest BCUT2D eigenvalue weighted by atomic mass is 19.4. The number of hydrogen-bond donors (Lipinski definition) is 1. The van der Waals surface area contributed by atoms with Gasteiger partial charge in [-0.05, 0) is 25.6 Å². The van der Waals surface area contributed by atoms with Crippen LogP contribution in [0.1, 0.15) is 24.1 Å². The van der Waals surface area contributed by atoms with Crippen LogP contribution in [0, 0.1) is 0 Å². The molecule has 118 valence electrons. The van der Waals surface area contributed by atoms with Crippen molar-refractivity contribution < 1.29 is 17.9 Å². The molecule has 2 atom stereocenters. The number of benzene rings is 1. The molecule has 1 N–H and O–H groups in total. The van der Waals surface area contributed by atoms with Crippen molar-refractivity contribution in [1.82, 2.24) is 10.2 Å². The number of alkyl halides is 3. The van der Waals surface area contributed by atoms with E-state index in [1.807, 2.05) is 14.0 Å². The van der Waals surface area contributed by atoms with E-state index in [-0.39, 0.29) is 12.1 Å². The van der Waals surface area contributed by atoms with Crippen LogP contribution in [0.25, 0.3) is 0 Å². The Morgan fingerprint density at radius 1 is 1.38 bits per heavy atom. The van der Waals surface area contributed by atoms with E-state index in [4.69, 9.17) is 4.74 Å². The third-order valence-corrected chi connectivity index (χ3v) is 3.87. The summed E-state index contributed by atoms with van der Waals surface area (Å²) in [4.78, 5) is 2.05. The number of rotatable bonds is 4. The van der Waals surface area contributed by atoms with Gasteiger partial charge in [0.15, 0.2) is 0 Å². The Hall–Kier alpha value is -1.11. The highest BCUT2D eigenvalue weighted by Crippen LogP contribution is 2.36. The highest BCUT2D eigenvalue weighted by Gasteiger charge is 2.36. The molecule has 2 rings (SSSR count). The molecule has 0 amide bonds. The zero-order valence-electron chi connectivity index (χ0n) is 12.3. The molecule has 1 heterocycles. The van der Waals surface area contributed by atoms with Gasteiger partial charge >= 0.3 is 6.18 Å². The van der Waals surface area contributed by atoms with Crippen LogP contribution in [-0.2, 0) is 10.9 Å². The molecule has 1 aliphatic heterocycles. The Kier molecular flexibility index (Phi) is 5.24. The predicted molar refractivity (Wildman–Crippen MR) is 75.1 cm³/mol. The first kappa shape index (κ1) is 16.3. The summed E-state index contributed by atoms with van der Waals surface area (Å²) < 4.78 is 45.0. The van der Waals surface area contributed by atoms with E-state index in [1.165, 1.54) is 6.07 Å². The highest BCUT2D eigenvalue weighted by molar-refractivity contribution is 5.32. The monoisotopic (exact) mass is 302 g/mol. The standard InChI is InChI=1S/C15H21F3N2O/c1-11(20-7-8-21-12(10-20)9-19-2)13-5-3-4-6-14(13)15(16,17)18/h3-6,11-12,19H,7-10H2,1-2H3. The molecule has 1 aromatic carbocycles. The van der Waals surface area contributed by atoms with E-state index in [1.54, 1.807) is 12.1 Å². The summed E-state index contributed by atoms with van der Waals surface area (Å²) in [6, 6.07) is 5.52. The first-order chi connectivity index (χ1) is 9.93. The summed E-state index contributed by atoms with van der Waals surface area (Å²) in [5.74, 6) is 0. The summed E-state index contributed by atoms with van der Waals surface area (Å²) in [6.07, 6.45) is -4.30. The van der Waals surface area contributed by atoms with Crippen molar-refractivity contribution in [3.63, 3.8) is 0 Å². The molecule has 1 fully saturated rings. The van der Waals surface area contributed by atoms with Crippen LogP contribution in [0.2, 0.25) is 0 Å². The maximum Gasteiger partial charge on any atom is 0.416 e. The lowest BCUT2D eigenvalue weighted by atomic mass is 9.99. The first-order valence-corrected chi connectivity index (χ1v) is 7.10. The molecule has 1 aromatic rings. The van der Waals surface area contributed by atoms with Gasteiger partial charge in [0.1, 0.15) is 0 Å². The van der Waals surface area contributed by atoms with Gasteiger partial charge in [0, 0.05) is 25.7 Å². The van der Waals surface area contributed by atoms with Crippen molar-refractivity contribution in [1.29, 1.82) is 0 Å². The van der Waals surface area contributed by atoms with Crippen molar-refractivity contribution in [2.75, 3.05) is 33.3 Å². The van der Waals surface area contributed by atoms with Crippen molar-refractivity contribution in [3.05, 3.63) is 35.4 Å². The lowest BCUT2D eigenvalue weighted by Gasteiger charge is -2.37. The third-order valence-electron chi connectivity index (χ3n) is 3.87. The third kappa shape index (κ3) is 3.96. The molecule has 0 aromatic heterocycles. The van der Waals surface area contributed by atoms with Crippen LogP contribution in [0.4, 0.5) is 13.2 Å². The van der Waals surface area contributed by atoms with Crippen molar-refractivity contribution in [2.24, 2.45) is 0 Å². The van der Waals surface area contributed by atoms with Crippen LogP contribution in [0.15, 0.2) is 24.3 Å². The minimum Gasteiger partial charge on any atom is -0.374 e. The van der Waals surface area contributed by atoms with Gasteiger partial charge in [-0.2, -0.15) is 13.2 Å². The lowest BCUT2D eigenvalue weighted by molar-refractivity contribution is -0.139. The molecule has 21 heavy (non-hydrogen) atoms. The molecule has 0 bridgehead atoms. The van der Waals surface area contributed by atoms with E-state index in [2.05, 4.69) is 10.2 Å². The second-order valence-electron chi connectivity index (χ2n) is 5.31. The molecule has 6 heteroatoms.